The number of amides is 1. The molecule has 0 aliphatic carbocycles. The number of ether oxygens (including phenoxy) is 2. The third kappa shape index (κ3) is 4.47. The maximum atomic E-state index is 13.4. The van der Waals surface area contributed by atoms with Crippen molar-refractivity contribution in [3.05, 3.63) is 101 Å². The van der Waals surface area contributed by atoms with E-state index in [-0.39, 0.29) is 17.4 Å². The number of carbonyl (C=O) groups is 2. The van der Waals surface area contributed by atoms with Crippen LogP contribution in [0.5, 0.6) is 11.5 Å². The molecule has 0 unspecified atom stereocenters. The third-order valence-electron chi connectivity index (χ3n) is 6.68. The highest BCUT2D eigenvalue weighted by Crippen LogP contribution is 2.41. The zero-order valence-electron chi connectivity index (χ0n) is 20.4. The molecule has 1 fully saturated rings. The Morgan fingerprint density at radius 2 is 1.86 bits per heavy atom. The lowest BCUT2D eigenvalue weighted by atomic mass is 9.94. The molecular formula is C30H29NO5. The second kappa shape index (κ2) is 9.90. The molecule has 2 aliphatic heterocycles. The van der Waals surface area contributed by atoms with Crippen molar-refractivity contribution in [3.8, 4) is 11.5 Å². The van der Waals surface area contributed by atoms with Gasteiger partial charge in [-0.1, -0.05) is 42.5 Å². The number of Topliss-reactive ketones (excluding diaryl/α,β-unsaturated/α-hetero) is 1. The van der Waals surface area contributed by atoms with Gasteiger partial charge in [-0.15, -0.1) is 0 Å². The van der Waals surface area contributed by atoms with Gasteiger partial charge in [-0.25, -0.2) is 0 Å². The van der Waals surface area contributed by atoms with Crippen molar-refractivity contribution in [1.29, 1.82) is 0 Å². The Morgan fingerprint density at radius 1 is 1.06 bits per heavy atom. The monoisotopic (exact) mass is 483 g/mol. The summed E-state index contributed by atoms with van der Waals surface area (Å²) in [5.41, 5.74) is 3.34. The van der Waals surface area contributed by atoms with Gasteiger partial charge in [0.15, 0.2) is 0 Å². The number of aliphatic hydroxyl groups excluding tert-OH is 1. The van der Waals surface area contributed by atoms with Gasteiger partial charge in [-0.2, -0.15) is 0 Å². The topological polar surface area (TPSA) is 76.1 Å². The summed E-state index contributed by atoms with van der Waals surface area (Å²) in [6.07, 6.45) is 1.37. The second-order valence-electron chi connectivity index (χ2n) is 9.19. The van der Waals surface area contributed by atoms with E-state index in [0.717, 1.165) is 23.3 Å². The fraction of sp³-hybridized carbons (Fsp3) is 0.267. The van der Waals surface area contributed by atoms with Gasteiger partial charge in [0.25, 0.3) is 11.7 Å². The zero-order valence-corrected chi connectivity index (χ0v) is 20.4. The molecule has 3 aromatic rings. The maximum absolute atomic E-state index is 13.4. The highest BCUT2D eigenvalue weighted by atomic mass is 16.5. The molecule has 6 heteroatoms. The van der Waals surface area contributed by atoms with Crippen LogP contribution in [0.2, 0.25) is 0 Å². The molecule has 0 saturated carbocycles. The summed E-state index contributed by atoms with van der Waals surface area (Å²) in [5, 5.41) is 11.4. The van der Waals surface area contributed by atoms with E-state index in [1.807, 2.05) is 80.6 Å². The van der Waals surface area contributed by atoms with E-state index in [4.69, 9.17) is 9.47 Å². The SMILES string of the molecule is CCOc1cccc([C@@H]2/C(=C(\O)c3ccc4c(c3)C[C@H](C)O4)C(=O)C(=O)N2CCc2ccccc2)c1. The molecule has 1 amide bonds. The maximum Gasteiger partial charge on any atom is 0.295 e. The van der Waals surface area contributed by atoms with E-state index in [2.05, 4.69) is 0 Å². The van der Waals surface area contributed by atoms with Gasteiger partial charge in [0.1, 0.15) is 23.4 Å². The van der Waals surface area contributed by atoms with Crippen LogP contribution >= 0.6 is 0 Å². The molecule has 0 aromatic heterocycles. The summed E-state index contributed by atoms with van der Waals surface area (Å²) in [5.74, 6) is -0.0460. The highest BCUT2D eigenvalue weighted by Gasteiger charge is 2.46. The van der Waals surface area contributed by atoms with E-state index in [0.29, 0.717) is 36.4 Å². The van der Waals surface area contributed by atoms with E-state index >= 15 is 0 Å². The molecule has 1 N–H and O–H groups in total. The fourth-order valence-electron chi connectivity index (χ4n) is 5.02. The van der Waals surface area contributed by atoms with Crippen molar-refractivity contribution >= 4 is 17.4 Å². The van der Waals surface area contributed by atoms with E-state index in [9.17, 15) is 14.7 Å². The van der Waals surface area contributed by atoms with Crippen LogP contribution in [0.25, 0.3) is 5.76 Å². The Labute approximate surface area is 210 Å². The Balaban J connectivity index is 1.58. The molecule has 3 aromatic carbocycles. The molecule has 1 saturated heterocycles. The standard InChI is InChI=1S/C30H29NO5/c1-3-35-24-11-7-10-21(18-24)27-26(28(32)22-12-13-25-23(17-22)16-19(2)36-25)29(33)30(34)31(27)15-14-20-8-5-4-6-9-20/h4-13,17-19,27,32H,3,14-16H2,1-2H3/b28-26+/t19-,27+/m0/s1. The molecular weight excluding hydrogens is 454 g/mol. The zero-order chi connectivity index (χ0) is 25.2. The molecule has 0 radical (unpaired) electrons. The van der Waals surface area contributed by atoms with Gasteiger partial charge in [0, 0.05) is 18.5 Å². The minimum atomic E-state index is -0.724. The summed E-state index contributed by atoms with van der Waals surface area (Å²) >= 11 is 0. The van der Waals surface area contributed by atoms with E-state index < -0.39 is 17.7 Å². The van der Waals surface area contributed by atoms with Gasteiger partial charge in [0.05, 0.1) is 18.2 Å². The molecule has 2 heterocycles. The van der Waals surface area contributed by atoms with Crippen molar-refractivity contribution in [3.63, 3.8) is 0 Å². The Morgan fingerprint density at radius 3 is 2.64 bits per heavy atom. The summed E-state index contributed by atoms with van der Waals surface area (Å²) in [6.45, 7) is 4.72. The molecule has 6 nitrogen and oxygen atoms in total. The molecule has 0 bridgehead atoms. The average Bonchev–Trinajstić information content (AvgIpc) is 3.38. The average molecular weight is 484 g/mol. The largest absolute Gasteiger partial charge is 0.507 e. The summed E-state index contributed by atoms with van der Waals surface area (Å²) in [4.78, 5) is 28.2. The lowest BCUT2D eigenvalue weighted by Crippen LogP contribution is -2.31. The Bertz CT molecular complexity index is 1330. The predicted molar refractivity (Wildman–Crippen MR) is 137 cm³/mol. The number of hydrogen-bond acceptors (Lipinski definition) is 5. The minimum absolute atomic E-state index is 0.0577. The summed E-state index contributed by atoms with van der Waals surface area (Å²) in [6, 6.07) is 21.9. The van der Waals surface area contributed by atoms with Crippen molar-refractivity contribution < 1.29 is 24.2 Å². The van der Waals surface area contributed by atoms with Gasteiger partial charge in [0.2, 0.25) is 0 Å². The van der Waals surface area contributed by atoms with Crippen LogP contribution in [0.15, 0.2) is 78.4 Å². The number of benzene rings is 3. The molecule has 0 spiro atoms. The molecule has 36 heavy (non-hydrogen) atoms. The van der Waals surface area contributed by atoms with Crippen molar-refractivity contribution in [1.82, 2.24) is 4.90 Å². The molecule has 5 rings (SSSR count). The molecule has 2 atom stereocenters. The van der Waals surface area contributed by atoms with Gasteiger partial charge < -0.3 is 19.5 Å². The normalized spacial score (nSPS) is 20.3. The molecule has 184 valence electrons. The van der Waals surface area contributed by atoms with Crippen LogP contribution in [0.3, 0.4) is 0 Å². The lowest BCUT2D eigenvalue weighted by Gasteiger charge is -2.26. The number of likely N-dealkylation sites (tertiary alicyclic amines) is 1. The number of aliphatic hydroxyl groups is 1. The Hall–Kier alpha value is -4.06. The Kier molecular flexibility index (Phi) is 6.51. The van der Waals surface area contributed by atoms with Crippen LogP contribution in [0.1, 0.15) is 42.1 Å². The van der Waals surface area contributed by atoms with E-state index in [1.165, 1.54) is 0 Å². The fourth-order valence-corrected chi connectivity index (χ4v) is 5.02. The lowest BCUT2D eigenvalue weighted by molar-refractivity contribution is -0.139. The quantitative estimate of drug-likeness (QED) is 0.288. The predicted octanol–water partition coefficient (Wildman–Crippen LogP) is 5.07. The first-order valence-corrected chi connectivity index (χ1v) is 12.3. The van der Waals surface area contributed by atoms with Crippen LogP contribution in [0.4, 0.5) is 0 Å². The van der Waals surface area contributed by atoms with Crippen LogP contribution in [0, 0.1) is 0 Å². The summed E-state index contributed by atoms with van der Waals surface area (Å²) < 4.78 is 11.5. The van der Waals surface area contributed by atoms with Crippen molar-refractivity contribution in [2.45, 2.75) is 38.8 Å². The van der Waals surface area contributed by atoms with Crippen LogP contribution < -0.4 is 9.47 Å². The number of carbonyl (C=O) groups excluding carboxylic acids is 2. The van der Waals surface area contributed by atoms with Gasteiger partial charge in [-0.3, -0.25) is 9.59 Å². The number of rotatable bonds is 7. The number of fused-ring (bicyclic) bond motifs is 1. The smallest absolute Gasteiger partial charge is 0.295 e. The number of hydrogen-bond donors (Lipinski definition) is 1. The molecule has 2 aliphatic rings. The second-order valence-corrected chi connectivity index (χ2v) is 9.19. The van der Waals surface area contributed by atoms with Gasteiger partial charge in [-0.05, 0) is 67.3 Å². The van der Waals surface area contributed by atoms with Crippen LogP contribution in [-0.4, -0.2) is 41.0 Å². The first kappa shape index (κ1) is 23.7. The number of nitrogens with zero attached hydrogens (tertiary/aromatic N) is 1. The van der Waals surface area contributed by atoms with Gasteiger partial charge >= 0.3 is 0 Å². The summed E-state index contributed by atoms with van der Waals surface area (Å²) in [7, 11) is 0. The third-order valence-corrected chi connectivity index (χ3v) is 6.68. The first-order chi connectivity index (χ1) is 17.5. The van der Waals surface area contributed by atoms with Crippen LogP contribution in [-0.2, 0) is 22.4 Å². The van der Waals surface area contributed by atoms with Crippen molar-refractivity contribution in [2.24, 2.45) is 0 Å². The highest BCUT2D eigenvalue weighted by molar-refractivity contribution is 6.46. The van der Waals surface area contributed by atoms with Crippen molar-refractivity contribution in [2.75, 3.05) is 13.2 Å². The first-order valence-electron chi connectivity index (χ1n) is 12.3. The number of ketones is 1. The minimum Gasteiger partial charge on any atom is -0.507 e. The van der Waals surface area contributed by atoms with E-state index in [1.54, 1.807) is 11.0 Å².